The van der Waals surface area contributed by atoms with Crippen LogP contribution in [0.5, 0.6) is 11.5 Å². The molecular weight excluding hydrogens is 364 g/mol. The minimum absolute atomic E-state index is 0.105. The van der Waals surface area contributed by atoms with Crippen molar-refractivity contribution in [2.24, 2.45) is 0 Å². The van der Waals surface area contributed by atoms with Crippen LogP contribution in [0.3, 0.4) is 0 Å². The van der Waals surface area contributed by atoms with E-state index in [1.165, 1.54) is 11.1 Å². The van der Waals surface area contributed by atoms with Gasteiger partial charge in [-0.05, 0) is 48.7 Å². The Bertz CT molecular complexity index is 804. The average molecular weight is 397 g/mol. The Labute approximate surface area is 174 Å². The zero-order valence-corrected chi connectivity index (χ0v) is 17.9. The molecule has 29 heavy (non-hydrogen) atoms. The molecule has 2 aliphatic heterocycles. The highest BCUT2D eigenvalue weighted by molar-refractivity contribution is 5.42. The van der Waals surface area contributed by atoms with Gasteiger partial charge in [0.15, 0.2) is 0 Å². The molecule has 2 aromatic carbocycles. The highest BCUT2D eigenvalue weighted by atomic mass is 16.6. The smallest absolute Gasteiger partial charge is 0.120 e. The second-order valence-electron chi connectivity index (χ2n) is 9.01. The number of benzene rings is 2. The van der Waals surface area contributed by atoms with Crippen LogP contribution in [0.1, 0.15) is 51.7 Å². The molecule has 4 nitrogen and oxygen atoms in total. The third kappa shape index (κ3) is 5.12. The van der Waals surface area contributed by atoms with Gasteiger partial charge in [-0.2, -0.15) is 0 Å². The van der Waals surface area contributed by atoms with Crippen molar-refractivity contribution in [2.75, 3.05) is 19.8 Å². The summed E-state index contributed by atoms with van der Waals surface area (Å²) < 4.78 is 22.7. The molecule has 0 aromatic heterocycles. The molecule has 0 amide bonds. The third-order valence-electron chi connectivity index (χ3n) is 6.16. The minimum atomic E-state index is -0.181. The lowest BCUT2D eigenvalue weighted by Crippen LogP contribution is -2.33. The molecule has 4 heteroatoms. The highest BCUT2D eigenvalue weighted by Gasteiger charge is 2.35. The van der Waals surface area contributed by atoms with Crippen LogP contribution in [0.2, 0.25) is 0 Å². The van der Waals surface area contributed by atoms with Crippen molar-refractivity contribution in [1.82, 2.24) is 0 Å². The number of rotatable bonds is 10. The first-order valence-electron chi connectivity index (χ1n) is 10.6. The summed E-state index contributed by atoms with van der Waals surface area (Å²) in [4.78, 5) is 0. The first kappa shape index (κ1) is 20.2. The Morgan fingerprint density at radius 2 is 1.34 bits per heavy atom. The van der Waals surface area contributed by atoms with E-state index in [0.717, 1.165) is 37.6 Å². The normalized spacial score (nSPS) is 22.6. The van der Waals surface area contributed by atoms with E-state index in [9.17, 15) is 0 Å². The average Bonchev–Trinajstić information content (AvgIpc) is 3.63. The SMILES string of the molecule is CCC(C)(CC1CO1)Oc1ccc(C(C)(C)c2ccc(OCC3CO3)cc2)cc1. The molecule has 4 rings (SSSR count). The standard InChI is InChI=1S/C25H32O4/c1-5-25(4,14-22-15-27-22)29-21-12-8-19(9-13-21)24(2,3)18-6-10-20(11-7-18)26-16-23-17-28-23/h6-13,22-23H,5,14-17H2,1-4H3. The second-order valence-corrected chi connectivity index (χ2v) is 9.01. The van der Waals surface area contributed by atoms with Crippen LogP contribution < -0.4 is 9.47 Å². The summed E-state index contributed by atoms with van der Waals surface area (Å²) in [5, 5.41) is 0. The molecule has 0 N–H and O–H groups in total. The van der Waals surface area contributed by atoms with Gasteiger partial charge in [-0.1, -0.05) is 45.0 Å². The number of hydrogen-bond donors (Lipinski definition) is 0. The number of epoxide rings is 2. The van der Waals surface area contributed by atoms with E-state index >= 15 is 0 Å². The van der Waals surface area contributed by atoms with Crippen molar-refractivity contribution in [3.05, 3.63) is 59.7 Å². The van der Waals surface area contributed by atoms with Gasteiger partial charge in [0.2, 0.25) is 0 Å². The van der Waals surface area contributed by atoms with Crippen LogP contribution in [0, 0.1) is 0 Å². The van der Waals surface area contributed by atoms with Crippen LogP contribution in [0.4, 0.5) is 0 Å². The predicted octanol–water partition coefficient (Wildman–Crippen LogP) is 5.13. The molecule has 2 fully saturated rings. The molecule has 2 aliphatic rings. The molecule has 0 bridgehead atoms. The van der Waals surface area contributed by atoms with Gasteiger partial charge >= 0.3 is 0 Å². The molecule has 0 saturated carbocycles. The van der Waals surface area contributed by atoms with Crippen LogP contribution in [-0.4, -0.2) is 37.6 Å². The first-order chi connectivity index (χ1) is 13.9. The molecule has 0 spiro atoms. The quantitative estimate of drug-likeness (QED) is 0.523. The summed E-state index contributed by atoms with van der Waals surface area (Å²) in [7, 11) is 0. The van der Waals surface area contributed by atoms with Gasteiger partial charge in [0.25, 0.3) is 0 Å². The van der Waals surface area contributed by atoms with E-state index in [2.05, 4.69) is 64.1 Å². The predicted molar refractivity (Wildman–Crippen MR) is 114 cm³/mol. The molecule has 3 atom stereocenters. The van der Waals surface area contributed by atoms with E-state index in [1.807, 2.05) is 12.1 Å². The second kappa shape index (κ2) is 8.00. The molecule has 2 aromatic rings. The van der Waals surface area contributed by atoms with Gasteiger partial charge in [-0.25, -0.2) is 0 Å². The Balaban J connectivity index is 1.42. The summed E-state index contributed by atoms with van der Waals surface area (Å²) in [6, 6.07) is 16.9. The first-order valence-corrected chi connectivity index (χ1v) is 10.6. The molecular formula is C25H32O4. The van der Waals surface area contributed by atoms with Gasteiger partial charge < -0.3 is 18.9 Å². The van der Waals surface area contributed by atoms with Gasteiger partial charge in [-0.3, -0.25) is 0 Å². The fourth-order valence-corrected chi connectivity index (χ4v) is 3.64. The van der Waals surface area contributed by atoms with E-state index in [1.54, 1.807) is 0 Å². The van der Waals surface area contributed by atoms with Gasteiger partial charge in [0.05, 0.1) is 19.3 Å². The molecule has 3 unspecified atom stereocenters. The molecule has 156 valence electrons. The maximum atomic E-state index is 6.34. The fourth-order valence-electron chi connectivity index (χ4n) is 3.64. The van der Waals surface area contributed by atoms with Crippen molar-refractivity contribution in [1.29, 1.82) is 0 Å². The lowest BCUT2D eigenvalue weighted by molar-refractivity contribution is 0.0661. The topological polar surface area (TPSA) is 43.5 Å². The minimum Gasteiger partial charge on any atom is -0.491 e. The van der Waals surface area contributed by atoms with Crippen LogP contribution in [0.25, 0.3) is 0 Å². The monoisotopic (exact) mass is 396 g/mol. The van der Waals surface area contributed by atoms with Gasteiger partial charge in [0, 0.05) is 11.8 Å². The summed E-state index contributed by atoms with van der Waals surface area (Å²) in [6.07, 6.45) is 2.54. The zero-order chi connectivity index (χ0) is 20.5. The summed E-state index contributed by atoms with van der Waals surface area (Å²) >= 11 is 0. The largest absolute Gasteiger partial charge is 0.491 e. The molecule has 2 saturated heterocycles. The van der Waals surface area contributed by atoms with Crippen molar-refractivity contribution in [3.63, 3.8) is 0 Å². The Morgan fingerprint density at radius 1 is 0.828 bits per heavy atom. The maximum absolute atomic E-state index is 6.34. The summed E-state index contributed by atoms with van der Waals surface area (Å²) in [5.41, 5.74) is 2.23. The zero-order valence-electron chi connectivity index (χ0n) is 17.9. The van der Waals surface area contributed by atoms with E-state index in [0.29, 0.717) is 12.7 Å². The Kier molecular flexibility index (Phi) is 5.58. The van der Waals surface area contributed by atoms with Crippen molar-refractivity contribution < 1.29 is 18.9 Å². The van der Waals surface area contributed by atoms with Gasteiger partial charge in [-0.15, -0.1) is 0 Å². The Morgan fingerprint density at radius 3 is 1.83 bits per heavy atom. The summed E-state index contributed by atoms with van der Waals surface area (Å²) in [6.45, 7) is 11.2. The van der Waals surface area contributed by atoms with E-state index in [-0.39, 0.29) is 17.1 Å². The molecule has 0 radical (unpaired) electrons. The van der Waals surface area contributed by atoms with Crippen LogP contribution in [0.15, 0.2) is 48.5 Å². The van der Waals surface area contributed by atoms with Crippen LogP contribution in [-0.2, 0) is 14.9 Å². The highest BCUT2D eigenvalue weighted by Crippen LogP contribution is 2.35. The lowest BCUT2D eigenvalue weighted by Gasteiger charge is -2.30. The number of hydrogen-bond acceptors (Lipinski definition) is 4. The molecule has 2 heterocycles. The van der Waals surface area contributed by atoms with E-state index in [4.69, 9.17) is 18.9 Å². The van der Waals surface area contributed by atoms with Crippen LogP contribution >= 0.6 is 0 Å². The van der Waals surface area contributed by atoms with Crippen molar-refractivity contribution >= 4 is 0 Å². The Hall–Kier alpha value is -2.04. The van der Waals surface area contributed by atoms with Crippen molar-refractivity contribution in [2.45, 2.75) is 63.8 Å². The molecule has 0 aliphatic carbocycles. The van der Waals surface area contributed by atoms with Crippen molar-refractivity contribution in [3.8, 4) is 11.5 Å². The third-order valence-corrected chi connectivity index (χ3v) is 6.16. The van der Waals surface area contributed by atoms with Gasteiger partial charge in [0.1, 0.15) is 29.8 Å². The van der Waals surface area contributed by atoms with E-state index < -0.39 is 0 Å². The number of ether oxygens (including phenoxy) is 4. The summed E-state index contributed by atoms with van der Waals surface area (Å²) in [5.74, 6) is 1.81. The fraction of sp³-hybridized carbons (Fsp3) is 0.520. The maximum Gasteiger partial charge on any atom is 0.120 e. The lowest BCUT2D eigenvalue weighted by atomic mass is 9.78.